The monoisotopic (exact) mass is 272 g/mol. The van der Waals surface area contributed by atoms with Crippen LogP contribution < -0.4 is 10.2 Å². The second-order valence-electron chi connectivity index (χ2n) is 5.61. The molecule has 20 heavy (non-hydrogen) atoms. The van der Waals surface area contributed by atoms with Crippen molar-refractivity contribution in [2.75, 3.05) is 31.1 Å². The number of anilines is 1. The van der Waals surface area contributed by atoms with Gasteiger partial charge in [0.25, 0.3) is 0 Å². The van der Waals surface area contributed by atoms with Gasteiger partial charge in [-0.2, -0.15) is 0 Å². The number of rotatable bonds is 3. The lowest BCUT2D eigenvalue weighted by Crippen LogP contribution is -2.44. The Bertz CT molecular complexity index is 624. The fraction of sp³-hybridized carbons (Fsp3) is 0.643. The second kappa shape index (κ2) is 4.70. The molecule has 0 amide bonds. The third-order valence-corrected chi connectivity index (χ3v) is 4.12. The average Bonchev–Trinajstić information content (AvgIpc) is 3.26. The maximum atomic E-state index is 4.75. The molecule has 6 heteroatoms. The highest BCUT2D eigenvalue weighted by Crippen LogP contribution is 2.37. The Morgan fingerprint density at radius 3 is 2.75 bits per heavy atom. The Hall–Kier alpha value is -1.69. The third kappa shape index (κ3) is 1.95. The number of hydrogen-bond acceptors (Lipinski definition) is 5. The fourth-order valence-corrected chi connectivity index (χ4v) is 2.82. The van der Waals surface area contributed by atoms with Gasteiger partial charge in [-0.15, -0.1) is 0 Å². The van der Waals surface area contributed by atoms with Crippen molar-refractivity contribution in [2.45, 2.75) is 32.2 Å². The van der Waals surface area contributed by atoms with Gasteiger partial charge >= 0.3 is 0 Å². The van der Waals surface area contributed by atoms with Gasteiger partial charge in [-0.05, 0) is 12.8 Å². The Morgan fingerprint density at radius 2 is 2.05 bits per heavy atom. The van der Waals surface area contributed by atoms with Crippen LogP contribution in [0.25, 0.3) is 11.2 Å². The molecule has 0 spiro atoms. The predicted octanol–water partition coefficient (Wildman–Crippen LogP) is 1.13. The standard InChI is InChI=1S/C14H20N6/c1-2-11-17-13(19-7-5-15-6-8-19)12-14(18-11)20(9-16-12)10-3-4-10/h9-10,15H,2-8H2,1H3. The summed E-state index contributed by atoms with van der Waals surface area (Å²) in [5, 5.41) is 3.38. The predicted molar refractivity (Wildman–Crippen MR) is 78.1 cm³/mol. The van der Waals surface area contributed by atoms with Gasteiger partial charge in [0.15, 0.2) is 17.0 Å². The van der Waals surface area contributed by atoms with E-state index >= 15 is 0 Å². The molecule has 4 rings (SSSR count). The van der Waals surface area contributed by atoms with Crippen molar-refractivity contribution in [1.82, 2.24) is 24.8 Å². The van der Waals surface area contributed by atoms with E-state index in [0.29, 0.717) is 6.04 Å². The van der Waals surface area contributed by atoms with Gasteiger partial charge in [-0.1, -0.05) is 6.92 Å². The summed E-state index contributed by atoms with van der Waals surface area (Å²) in [6, 6.07) is 0.607. The van der Waals surface area contributed by atoms with Gasteiger partial charge in [0, 0.05) is 38.6 Å². The molecule has 2 aliphatic rings. The van der Waals surface area contributed by atoms with Crippen LogP contribution in [0.3, 0.4) is 0 Å². The van der Waals surface area contributed by atoms with Crippen molar-refractivity contribution >= 4 is 17.0 Å². The Balaban J connectivity index is 1.85. The maximum absolute atomic E-state index is 4.75. The van der Waals surface area contributed by atoms with Gasteiger partial charge in [-0.25, -0.2) is 15.0 Å². The van der Waals surface area contributed by atoms with Crippen LogP contribution in [-0.4, -0.2) is 45.7 Å². The van der Waals surface area contributed by atoms with Crippen LogP contribution in [-0.2, 0) is 6.42 Å². The lowest BCUT2D eigenvalue weighted by Gasteiger charge is -2.28. The van der Waals surface area contributed by atoms with Crippen molar-refractivity contribution in [3.8, 4) is 0 Å². The normalized spacial score (nSPS) is 19.8. The number of aryl methyl sites for hydroxylation is 1. The second-order valence-corrected chi connectivity index (χ2v) is 5.61. The highest BCUT2D eigenvalue weighted by molar-refractivity contribution is 5.84. The lowest BCUT2D eigenvalue weighted by molar-refractivity contribution is 0.585. The Morgan fingerprint density at radius 1 is 1.25 bits per heavy atom. The first-order valence-corrected chi connectivity index (χ1v) is 7.56. The van der Waals surface area contributed by atoms with Gasteiger partial charge in [0.1, 0.15) is 5.82 Å². The third-order valence-electron chi connectivity index (χ3n) is 4.12. The molecule has 3 heterocycles. The molecule has 6 nitrogen and oxygen atoms in total. The average molecular weight is 272 g/mol. The lowest BCUT2D eigenvalue weighted by atomic mass is 10.3. The molecule has 0 aromatic carbocycles. The summed E-state index contributed by atoms with van der Waals surface area (Å²) in [6.45, 7) is 6.12. The Labute approximate surface area is 118 Å². The number of piperazine rings is 1. The van der Waals surface area contributed by atoms with Crippen molar-refractivity contribution in [3.63, 3.8) is 0 Å². The zero-order valence-corrected chi connectivity index (χ0v) is 11.8. The summed E-state index contributed by atoms with van der Waals surface area (Å²) in [5.41, 5.74) is 1.99. The van der Waals surface area contributed by atoms with E-state index in [1.165, 1.54) is 12.8 Å². The van der Waals surface area contributed by atoms with Gasteiger partial charge < -0.3 is 14.8 Å². The summed E-state index contributed by atoms with van der Waals surface area (Å²) < 4.78 is 2.24. The quantitative estimate of drug-likeness (QED) is 0.908. The summed E-state index contributed by atoms with van der Waals surface area (Å²) in [4.78, 5) is 16.4. The smallest absolute Gasteiger partial charge is 0.166 e. The van der Waals surface area contributed by atoms with Crippen LogP contribution in [0.2, 0.25) is 0 Å². The number of nitrogens with zero attached hydrogens (tertiary/aromatic N) is 5. The van der Waals surface area contributed by atoms with E-state index in [4.69, 9.17) is 9.97 Å². The van der Waals surface area contributed by atoms with Gasteiger partial charge in [-0.3, -0.25) is 0 Å². The van der Waals surface area contributed by atoms with E-state index in [1.54, 1.807) is 0 Å². The number of imidazole rings is 1. The van der Waals surface area contributed by atoms with Crippen LogP contribution in [0.1, 0.15) is 31.6 Å². The first kappa shape index (κ1) is 12.1. The molecule has 1 aliphatic carbocycles. The SMILES string of the molecule is CCc1nc(N2CCNCC2)c2ncn(C3CC3)c2n1. The molecule has 1 aliphatic heterocycles. The molecule has 106 valence electrons. The molecular weight excluding hydrogens is 252 g/mol. The van der Waals surface area contributed by atoms with Gasteiger partial charge in [0.05, 0.1) is 6.33 Å². The zero-order chi connectivity index (χ0) is 13.5. The molecule has 1 saturated heterocycles. The molecule has 2 aromatic heterocycles. The molecule has 1 saturated carbocycles. The van der Waals surface area contributed by atoms with E-state index < -0.39 is 0 Å². The molecule has 0 unspecified atom stereocenters. The van der Waals surface area contributed by atoms with Crippen LogP contribution in [0.15, 0.2) is 6.33 Å². The molecule has 1 N–H and O–H groups in total. The minimum absolute atomic E-state index is 0.607. The molecule has 0 atom stereocenters. The number of hydrogen-bond donors (Lipinski definition) is 1. The molecule has 2 aromatic rings. The molecule has 2 fully saturated rings. The fourth-order valence-electron chi connectivity index (χ4n) is 2.82. The van der Waals surface area contributed by atoms with E-state index in [1.807, 2.05) is 6.33 Å². The van der Waals surface area contributed by atoms with Crippen LogP contribution in [0.4, 0.5) is 5.82 Å². The molecular formula is C14H20N6. The number of aromatic nitrogens is 4. The maximum Gasteiger partial charge on any atom is 0.166 e. The number of fused-ring (bicyclic) bond motifs is 1. The largest absolute Gasteiger partial charge is 0.352 e. The van der Waals surface area contributed by atoms with Crippen molar-refractivity contribution < 1.29 is 0 Å². The Kier molecular flexibility index (Phi) is 2.84. The summed E-state index contributed by atoms with van der Waals surface area (Å²) in [7, 11) is 0. The van der Waals surface area contributed by atoms with Crippen molar-refractivity contribution in [2.24, 2.45) is 0 Å². The van der Waals surface area contributed by atoms with Crippen LogP contribution in [0.5, 0.6) is 0 Å². The molecule has 0 radical (unpaired) electrons. The van der Waals surface area contributed by atoms with Crippen LogP contribution in [0, 0.1) is 0 Å². The zero-order valence-electron chi connectivity index (χ0n) is 11.8. The van der Waals surface area contributed by atoms with E-state index in [-0.39, 0.29) is 0 Å². The highest BCUT2D eigenvalue weighted by Gasteiger charge is 2.27. The van der Waals surface area contributed by atoms with Gasteiger partial charge in [0.2, 0.25) is 0 Å². The van der Waals surface area contributed by atoms with Crippen molar-refractivity contribution in [3.05, 3.63) is 12.2 Å². The van der Waals surface area contributed by atoms with E-state index in [2.05, 4.69) is 26.7 Å². The number of nitrogens with one attached hydrogen (secondary N) is 1. The summed E-state index contributed by atoms with van der Waals surface area (Å²) in [5.74, 6) is 1.95. The van der Waals surface area contributed by atoms with Crippen molar-refractivity contribution in [1.29, 1.82) is 0 Å². The first-order valence-electron chi connectivity index (χ1n) is 7.56. The minimum Gasteiger partial charge on any atom is -0.352 e. The van der Waals surface area contributed by atoms with E-state index in [0.717, 1.165) is 55.4 Å². The first-order chi connectivity index (χ1) is 9.86. The topological polar surface area (TPSA) is 58.9 Å². The summed E-state index contributed by atoms with van der Waals surface area (Å²) in [6.07, 6.45) is 5.31. The highest BCUT2D eigenvalue weighted by atomic mass is 15.3. The van der Waals surface area contributed by atoms with Crippen LogP contribution >= 0.6 is 0 Å². The summed E-state index contributed by atoms with van der Waals surface area (Å²) >= 11 is 0. The molecule has 0 bridgehead atoms. The van der Waals surface area contributed by atoms with E-state index in [9.17, 15) is 0 Å². The minimum atomic E-state index is 0.607.